The summed E-state index contributed by atoms with van der Waals surface area (Å²) < 4.78 is 11.2. The molecule has 4 aromatic carbocycles. The summed E-state index contributed by atoms with van der Waals surface area (Å²) >= 11 is 0. The Balaban J connectivity index is 0.000000178. The normalized spacial score (nSPS) is 24.8. The fourth-order valence-electron chi connectivity index (χ4n) is 8.66. The maximum Gasteiger partial charge on any atom is 0.410 e. The number of amides is 2. The second-order valence-corrected chi connectivity index (χ2v) is 15.2. The predicted octanol–water partition coefficient (Wildman–Crippen LogP) is 7.84. The van der Waals surface area contributed by atoms with E-state index in [1.54, 1.807) is 0 Å². The van der Waals surface area contributed by atoms with Gasteiger partial charge in [0, 0.05) is 85.1 Å². The minimum atomic E-state index is -0.173. The average Bonchev–Trinajstić information content (AvgIpc) is 3.84. The van der Waals surface area contributed by atoms with E-state index >= 15 is 0 Å². The van der Waals surface area contributed by atoms with Crippen LogP contribution in [0.5, 0.6) is 0 Å². The molecule has 4 aromatic rings. The van der Waals surface area contributed by atoms with Crippen LogP contribution in [0.15, 0.2) is 121 Å². The van der Waals surface area contributed by atoms with Crippen LogP contribution in [0.3, 0.4) is 0 Å². The van der Waals surface area contributed by atoms with Gasteiger partial charge in [0.2, 0.25) is 0 Å². The molecular formula is C44H52N4O4Y. The van der Waals surface area contributed by atoms with Crippen molar-refractivity contribution < 1.29 is 51.8 Å². The Morgan fingerprint density at radius 3 is 1.19 bits per heavy atom. The molecule has 0 saturated carbocycles. The molecule has 0 aliphatic carbocycles. The molecule has 0 bridgehead atoms. The second-order valence-electron chi connectivity index (χ2n) is 15.2. The zero-order valence-corrected chi connectivity index (χ0v) is 34.0. The fourth-order valence-corrected chi connectivity index (χ4v) is 8.66. The number of carbonyl (C=O) groups excluding carboxylic acids is 2. The molecule has 4 heterocycles. The molecule has 4 saturated heterocycles. The third-order valence-corrected chi connectivity index (χ3v) is 11.9. The Labute approximate surface area is 340 Å². The molecule has 4 aliphatic heterocycles. The molecule has 9 heteroatoms. The molecule has 4 atom stereocenters. The predicted molar refractivity (Wildman–Crippen MR) is 203 cm³/mol. The smallest absolute Gasteiger partial charge is 0.410 e. The van der Waals surface area contributed by atoms with E-state index in [-0.39, 0.29) is 56.0 Å². The van der Waals surface area contributed by atoms with E-state index in [4.69, 9.17) is 9.47 Å². The van der Waals surface area contributed by atoms with E-state index in [0.717, 1.165) is 76.3 Å². The van der Waals surface area contributed by atoms with Crippen LogP contribution in [0.4, 0.5) is 9.59 Å². The molecule has 2 spiro atoms. The summed E-state index contributed by atoms with van der Waals surface area (Å²) in [6.45, 7) is 12.6. The van der Waals surface area contributed by atoms with Crippen LogP contribution in [-0.4, -0.2) is 82.1 Å². The van der Waals surface area contributed by atoms with Crippen molar-refractivity contribution in [3.05, 3.63) is 144 Å². The number of benzene rings is 4. The zero-order chi connectivity index (χ0) is 36.0. The van der Waals surface area contributed by atoms with Crippen LogP contribution in [0.1, 0.15) is 48.9 Å². The monoisotopic (exact) mass is 789 g/mol. The fraction of sp³-hybridized carbons (Fsp3) is 0.409. The van der Waals surface area contributed by atoms with Crippen LogP contribution in [0.2, 0.25) is 0 Å². The first-order valence-corrected chi connectivity index (χ1v) is 18.8. The van der Waals surface area contributed by atoms with E-state index in [1.807, 2.05) is 82.6 Å². The van der Waals surface area contributed by atoms with Crippen LogP contribution in [0.25, 0.3) is 0 Å². The number of hydrogen-bond acceptors (Lipinski definition) is 6. The summed E-state index contributed by atoms with van der Waals surface area (Å²) in [4.78, 5) is 34.2. The van der Waals surface area contributed by atoms with Gasteiger partial charge in [-0.1, -0.05) is 135 Å². The minimum absolute atomic E-state index is 0. The third kappa shape index (κ3) is 8.89. The summed E-state index contributed by atoms with van der Waals surface area (Å²) in [6, 6.07) is 40.9. The number of ether oxygens (including phenoxy) is 2. The second kappa shape index (κ2) is 17.7. The summed E-state index contributed by atoms with van der Waals surface area (Å²) in [5, 5.41) is 0. The number of nitrogens with zero attached hydrogens (tertiary/aromatic N) is 4. The molecule has 0 aromatic heterocycles. The number of hydrogen-bond donors (Lipinski definition) is 0. The molecule has 4 aliphatic rings. The van der Waals surface area contributed by atoms with E-state index in [2.05, 4.69) is 72.2 Å². The van der Waals surface area contributed by atoms with Gasteiger partial charge < -0.3 is 19.3 Å². The van der Waals surface area contributed by atoms with Gasteiger partial charge >= 0.3 is 12.2 Å². The molecule has 8 rings (SSSR count). The molecule has 1 radical (unpaired) electrons. The number of rotatable bonds is 8. The molecule has 8 nitrogen and oxygen atoms in total. The van der Waals surface area contributed by atoms with Gasteiger partial charge in [-0.15, -0.1) is 0 Å². The Hall–Kier alpha value is -3.56. The first-order chi connectivity index (χ1) is 25.3. The average molecular weight is 790 g/mol. The zero-order valence-electron chi connectivity index (χ0n) is 31.2. The number of likely N-dealkylation sites (tertiary alicyclic amines) is 4. The van der Waals surface area contributed by atoms with Crippen molar-refractivity contribution in [3.8, 4) is 0 Å². The van der Waals surface area contributed by atoms with Crippen LogP contribution in [0, 0.1) is 11.8 Å². The first-order valence-electron chi connectivity index (χ1n) is 18.8. The third-order valence-electron chi connectivity index (χ3n) is 11.9. The van der Waals surface area contributed by atoms with Crippen molar-refractivity contribution in [1.82, 2.24) is 19.6 Å². The summed E-state index contributed by atoms with van der Waals surface area (Å²) in [5.74, 6) is 1.04. The summed E-state index contributed by atoms with van der Waals surface area (Å²) in [6.07, 6.45) is 1.71. The Kier molecular flexibility index (Phi) is 13.1. The van der Waals surface area contributed by atoms with Gasteiger partial charge in [-0.05, 0) is 46.9 Å². The molecular weight excluding hydrogens is 737 g/mol. The molecule has 4 fully saturated rings. The summed E-state index contributed by atoms with van der Waals surface area (Å²) in [7, 11) is 0. The van der Waals surface area contributed by atoms with Crippen LogP contribution < -0.4 is 0 Å². The van der Waals surface area contributed by atoms with Gasteiger partial charge in [-0.3, -0.25) is 9.80 Å². The Morgan fingerprint density at radius 1 is 0.547 bits per heavy atom. The van der Waals surface area contributed by atoms with E-state index < -0.39 is 0 Å². The van der Waals surface area contributed by atoms with E-state index in [0.29, 0.717) is 25.0 Å². The molecule has 53 heavy (non-hydrogen) atoms. The van der Waals surface area contributed by atoms with Crippen LogP contribution in [-0.2, 0) is 68.5 Å². The molecule has 0 N–H and O–H groups in total. The van der Waals surface area contributed by atoms with Gasteiger partial charge in [0.15, 0.2) is 0 Å². The molecule has 275 valence electrons. The van der Waals surface area contributed by atoms with Crippen molar-refractivity contribution in [2.24, 2.45) is 11.8 Å². The van der Waals surface area contributed by atoms with Crippen molar-refractivity contribution in [1.29, 1.82) is 0 Å². The van der Waals surface area contributed by atoms with Crippen molar-refractivity contribution in [3.63, 3.8) is 0 Å². The molecule has 2 amide bonds. The quantitative estimate of drug-likeness (QED) is 0.182. The van der Waals surface area contributed by atoms with Gasteiger partial charge in [-0.25, -0.2) is 9.59 Å². The standard InChI is InChI=1S/2C22H26N2O2.Y/c2*1-18-14-24(21(25)26-16-20-10-6-3-7-11-20)22(18)12-13-23(17-22)15-19-8-4-2-5-9-19;/h2*2-11,18H,12-17H2,1H3;/t2*18-,22-;/m00./s1. The van der Waals surface area contributed by atoms with Crippen LogP contribution >= 0.6 is 0 Å². The van der Waals surface area contributed by atoms with E-state index in [9.17, 15) is 9.59 Å². The first kappa shape index (κ1) is 39.1. The van der Waals surface area contributed by atoms with Crippen molar-refractivity contribution in [2.75, 3.05) is 39.3 Å². The maximum atomic E-state index is 12.7. The maximum absolute atomic E-state index is 12.7. The van der Waals surface area contributed by atoms with E-state index in [1.165, 1.54) is 11.1 Å². The summed E-state index contributed by atoms with van der Waals surface area (Å²) in [5.41, 5.74) is 4.61. The SMILES string of the molecule is C[C@H]1CN(C(=O)OCc2ccccc2)[C@]12CCN(Cc1ccccc1)C2.C[C@H]1CN(C(=O)OCc2ccccc2)[C@]12CCN(Cc1ccccc1)C2.[Y]. The van der Waals surface area contributed by atoms with Gasteiger partial charge in [0.05, 0.1) is 11.1 Å². The van der Waals surface area contributed by atoms with Gasteiger partial charge in [-0.2, -0.15) is 0 Å². The van der Waals surface area contributed by atoms with Crippen molar-refractivity contribution in [2.45, 2.75) is 64.1 Å². The Morgan fingerprint density at radius 2 is 0.868 bits per heavy atom. The minimum Gasteiger partial charge on any atom is -0.445 e. The molecule has 0 unspecified atom stereocenters. The topological polar surface area (TPSA) is 65.6 Å². The van der Waals surface area contributed by atoms with Gasteiger partial charge in [0.1, 0.15) is 13.2 Å². The van der Waals surface area contributed by atoms with Gasteiger partial charge in [0.25, 0.3) is 0 Å². The Bertz CT molecular complexity index is 1640. The largest absolute Gasteiger partial charge is 0.445 e. The number of carbonyl (C=O) groups is 2. The van der Waals surface area contributed by atoms with Crippen molar-refractivity contribution >= 4 is 12.2 Å².